The normalized spacial score (nSPS) is 19.4. The molecule has 2 heterocycles. The topological polar surface area (TPSA) is 34.6 Å². The highest BCUT2D eigenvalue weighted by molar-refractivity contribution is 7.18. The SMILES string of the molecule is Cc1nc2cccc(OC[C@@H]3CO3)c2s1. The lowest BCUT2D eigenvalue weighted by molar-refractivity contribution is 0.265. The molecule has 3 rings (SSSR count). The van der Waals surface area contributed by atoms with Crippen molar-refractivity contribution in [2.24, 2.45) is 0 Å². The number of epoxide rings is 1. The van der Waals surface area contributed by atoms with Gasteiger partial charge in [0.25, 0.3) is 0 Å². The predicted octanol–water partition coefficient (Wildman–Crippen LogP) is 2.38. The summed E-state index contributed by atoms with van der Waals surface area (Å²) in [6, 6.07) is 5.98. The number of fused-ring (bicyclic) bond motifs is 1. The predicted molar refractivity (Wildman–Crippen MR) is 59.6 cm³/mol. The lowest BCUT2D eigenvalue weighted by Gasteiger charge is -2.03. The molecule has 78 valence electrons. The van der Waals surface area contributed by atoms with Crippen molar-refractivity contribution in [3.8, 4) is 5.75 Å². The molecule has 1 aromatic carbocycles. The maximum Gasteiger partial charge on any atom is 0.138 e. The highest BCUT2D eigenvalue weighted by Crippen LogP contribution is 2.31. The van der Waals surface area contributed by atoms with Crippen molar-refractivity contribution in [2.45, 2.75) is 13.0 Å². The van der Waals surface area contributed by atoms with Gasteiger partial charge in [0.1, 0.15) is 18.5 Å². The van der Waals surface area contributed by atoms with Crippen molar-refractivity contribution in [2.75, 3.05) is 13.2 Å². The van der Waals surface area contributed by atoms with Crippen LogP contribution >= 0.6 is 11.3 Å². The van der Waals surface area contributed by atoms with E-state index >= 15 is 0 Å². The van der Waals surface area contributed by atoms with Crippen molar-refractivity contribution in [3.63, 3.8) is 0 Å². The fourth-order valence-electron chi connectivity index (χ4n) is 1.50. The van der Waals surface area contributed by atoms with Crippen LogP contribution in [0.5, 0.6) is 5.75 Å². The first-order valence-electron chi connectivity index (χ1n) is 4.93. The van der Waals surface area contributed by atoms with Gasteiger partial charge in [-0.15, -0.1) is 11.3 Å². The Kier molecular flexibility index (Phi) is 2.11. The lowest BCUT2D eigenvalue weighted by Crippen LogP contribution is -2.03. The van der Waals surface area contributed by atoms with Crippen molar-refractivity contribution in [3.05, 3.63) is 23.2 Å². The molecule has 0 radical (unpaired) electrons. The first-order valence-corrected chi connectivity index (χ1v) is 5.75. The first kappa shape index (κ1) is 9.12. The second-order valence-corrected chi connectivity index (χ2v) is 4.81. The number of aryl methyl sites for hydroxylation is 1. The summed E-state index contributed by atoms with van der Waals surface area (Å²) < 4.78 is 11.9. The van der Waals surface area contributed by atoms with E-state index in [0.29, 0.717) is 12.7 Å². The van der Waals surface area contributed by atoms with Gasteiger partial charge >= 0.3 is 0 Å². The van der Waals surface area contributed by atoms with Crippen LogP contribution in [0, 0.1) is 6.92 Å². The number of ether oxygens (including phenoxy) is 2. The molecule has 1 saturated heterocycles. The molecule has 1 aliphatic heterocycles. The monoisotopic (exact) mass is 221 g/mol. The number of benzene rings is 1. The van der Waals surface area contributed by atoms with E-state index in [-0.39, 0.29) is 0 Å². The molecule has 1 atom stereocenters. The van der Waals surface area contributed by atoms with E-state index in [1.54, 1.807) is 11.3 Å². The van der Waals surface area contributed by atoms with Crippen LogP contribution in [0.15, 0.2) is 18.2 Å². The van der Waals surface area contributed by atoms with Crippen LogP contribution in [-0.2, 0) is 4.74 Å². The fourth-order valence-corrected chi connectivity index (χ4v) is 2.38. The largest absolute Gasteiger partial charge is 0.489 e. The van der Waals surface area contributed by atoms with Crippen LogP contribution in [0.4, 0.5) is 0 Å². The van der Waals surface area contributed by atoms with Crippen LogP contribution in [0.2, 0.25) is 0 Å². The Morgan fingerprint density at radius 2 is 2.47 bits per heavy atom. The first-order chi connectivity index (χ1) is 7.33. The molecule has 0 unspecified atom stereocenters. The Morgan fingerprint density at radius 3 is 3.27 bits per heavy atom. The second kappa shape index (κ2) is 3.47. The average molecular weight is 221 g/mol. The van der Waals surface area contributed by atoms with Crippen LogP contribution in [0.25, 0.3) is 10.2 Å². The number of hydrogen-bond acceptors (Lipinski definition) is 4. The van der Waals surface area contributed by atoms with Gasteiger partial charge in [-0.25, -0.2) is 4.98 Å². The minimum Gasteiger partial charge on any atom is -0.489 e. The highest BCUT2D eigenvalue weighted by Gasteiger charge is 2.23. The Morgan fingerprint density at radius 1 is 1.60 bits per heavy atom. The molecule has 15 heavy (non-hydrogen) atoms. The summed E-state index contributed by atoms with van der Waals surface area (Å²) >= 11 is 1.67. The Bertz CT molecular complexity index is 490. The molecule has 0 N–H and O–H groups in total. The zero-order valence-corrected chi connectivity index (χ0v) is 9.21. The van der Waals surface area contributed by atoms with Crippen molar-refractivity contribution in [1.82, 2.24) is 4.98 Å². The molecular formula is C11H11NO2S. The van der Waals surface area contributed by atoms with Gasteiger partial charge in [-0.3, -0.25) is 0 Å². The summed E-state index contributed by atoms with van der Waals surface area (Å²) in [4.78, 5) is 4.42. The van der Waals surface area contributed by atoms with Gasteiger partial charge in [-0.05, 0) is 19.1 Å². The molecule has 0 spiro atoms. The van der Waals surface area contributed by atoms with Crippen LogP contribution in [0.3, 0.4) is 0 Å². The molecule has 1 fully saturated rings. The molecule has 0 saturated carbocycles. The molecule has 3 nitrogen and oxygen atoms in total. The molecule has 4 heteroatoms. The summed E-state index contributed by atoms with van der Waals surface area (Å²) in [5.41, 5.74) is 1.02. The summed E-state index contributed by atoms with van der Waals surface area (Å²) in [6.07, 6.45) is 0.300. The van der Waals surface area contributed by atoms with E-state index in [1.807, 2.05) is 25.1 Å². The molecule has 0 aliphatic carbocycles. The fraction of sp³-hybridized carbons (Fsp3) is 0.364. The Balaban J connectivity index is 1.93. The molecule has 1 aromatic heterocycles. The van der Waals surface area contributed by atoms with E-state index < -0.39 is 0 Å². The van der Waals surface area contributed by atoms with E-state index in [2.05, 4.69) is 4.98 Å². The van der Waals surface area contributed by atoms with Gasteiger partial charge in [-0.2, -0.15) is 0 Å². The zero-order valence-electron chi connectivity index (χ0n) is 8.40. The average Bonchev–Trinajstić information content (AvgIpc) is 2.96. The third-order valence-electron chi connectivity index (χ3n) is 2.31. The van der Waals surface area contributed by atoms with Gasteiger partial charge in [0.15, 0.2) is 0 Å². The van der Waals surface area contributed by atoms with E-state index in [4.69, 9.17) is 9.47 Å². The second-order valence-electron chi connectivity index (χ2n) is 3.60. The van der Waals surface area contributed by atoms with E-state index in [9.17, 15) is 0 Å². The number of aromatic nitrogens is 1. The Hall–Kier alpha value is -1.13. The number of rotatable bonds is 3. The van der Waals surface area contributed by atoms with Crippen molar-refractivity contribution < 1.29 is 9.47 Å². The smallest absolute Gasteiger partial charge is 0.138 e. The molecule has 0 bridgehead atoms. The van der Waals surface area contributed by atoms with Gasteiger partial charge < -0.3 is 9.47 Å². The molecular weight excluding hydrogens is 210 g/mol. The maximum absolute atomic E-state index is 5.70. The third-order valence-corrected chi connectivity index (χ3v) is 3.31. The Labute approximate surface area is 91.7 Å². The third kappa shape index (κ3) is 1.82. The van der Waals surface area contributed by atoms with Gasteiger partial charge in [0, 0.05) is 0 Å². The van der Waals surface area contributed by atoms with E-state index in [0.717, 1.165) is 27.6 Å². The summed E-state index contributed by atoms with van der Waals surface area (Å²) in [6.45, 7) is 3.49. The van der Waals surface area contributed by atoms with Gasteiger partial charge in [0.2, 0.25) is 0 Å². The summed E-state index contributed by atoms with van der Waals surface area (Å²) in [5, 5.41) is 1.07. The number of hydrogen-bond donors (Lipinski definition) is 0. The van der Waals surface area contributed by atoms with Crippen LogP contribution in [0.1, 0.15) is 5.01 Å². The standard InChI is InChI=1S/C11H11NO2S/c1-7-12-9-3-2-4-10(11(9)15-7)14-6-8-5-13-8/h2-4,8H,5-6H2,1H3/t8-/m0/s1. The minimum absolute atomic E-state index is 0.300. The summed E-state index contributed by atoms with van der Waals surface area (Å²) in [5.74, 6) is 0.925. The summed E-state index contributed by atoms with van der Waals surface area (Å²) in [7, 11) is 0. The number of thiazole rings is 1. The zero-order chi connectivity index (χ0) is 10.3. The van der Waals surface area contributed by atoms with Crippen molar-refractivity contribution in [1.29, 1.82) is 0 Å². The quantitative estimate of drug-likeness (QED) is 0.746. The van der Waals surface area contributed by atoms with Gasteiger partial charge in [0.05, 0.1) is 21.8 Å². The van der Waals surface area contributed by atoms with Crippen molar-refractivity contribution >= 4 is 21.6 Å². The number of nitrogens with zero attached hydrogens (tertiary/aromatic N) is 1. The van der Waals surface area contributed by atoms with Crippen LogP contribution < -0.4 is 4.74 Å². The minimum atomic E-state index is 0.300. The lowest BCUT2D eigenvalue weighted by atomic mass is 10.3. The van der Waals surface area contributed by atoms with Crippen LogP contribution in [-0.4, -0.2) is 24.3 Å². The molecule has 2 aromatic rings. The molecule has 1 aliphatic rings. The molecule has 0 amide bonds. The highest BCUT2D eigenvalue weighted by atomic mass is 32.1. The maximum atomic E-state index is 5.70. The van der Waals surface area contributed by atoms with Gasteiger partial charge in [-0.1, -0.05) is 6.07 Å². The van der Waals surface area contributed by atoms with E-state index in [1.165, 1.54) is 0 Å².